The van der Waals surface area contributed by atoms with Crippen LogP contribution >= 0.6 is 0 Å². The number of carbonyl (C=O) groups excluding carboxylic acids is 2. The van der Waals surface area contributed by atoms with Gasteiger partial charge in [-0.2, -0.15) is 9.59 Å². The smallest absolute Gasteiger partial charge is 0.404 e. The zero-order chi connectivity index (χ0) is 21.5. The molecule has 0 heterocycles. The number of benzene rings is 2. The summed E-state index contributed by atoms with van der Waals surface area (Å²) < 4.78 is 0. The van der Waals surface area contributed by atoms with Gasteiger partial charge in [-0.15, -0.1) is 0 Å². The third kappa shape index (κ3) is 10.9. The highest BCUT2D eigenvalue weighted by atomic mass is 16.4. The minimum absolute atomic E-state index is 0.250. The topological polar surface area (TPSA) is 109 Å². The van der Waals surface area contributed by atoms with Crippen LogP contribution < -0.4 is 11.1 Å². The van der Waals surface area contributed by atoms with E-state index in [9.17, 15) is 4.79 Å². The third-order valence-electron chi connectivity index (χ3n) is 3.97. The number of hydrogen-bond donors (Lipinski definition) is 3. The van der Waals surface area contributed by atoms with Crippen LogP contribution in [0.5, 0.6) is 0 Å². The van der Waals surface area contributed by atoms with Crippen molar-refractivity contribution in [3.05, 3.63) is 70.8 Å². The summed E-state index contributed by atoms with van der Waals surface area (Å²) in [5, 5.41) is 10.7. The van der Waals surface area contributed by atoms with Crippen LogP contribution in [0.25, 0.3) is 0 Å². The summed E-state index contributed by atoms with van der Waals surface area (Å²) in [4.78, 5) is 26.5. The van der Waals surface area contributed by atoms with Crippen molar-refractivity contribution >= 4 is 12.2 Å². The fourth-order valence-corrected chi connectivity index (χ4v) is 2.24. The number of nitrogens with two attached hydrogens (primary N) is 1. The average molecular weight is 386 g/mol. The van der Waals surface area contributed by atoms with Crippen LogP contribution in [0.4, 0.5) is 4.79 Å². The molecule has 0 spiro atoms. The molecule has 0 aliphatic carbocycles. The maximum Gasteiger partial charge on any atom is 0.404 e. The van der Waals surface area contributed by atoms with Crippen molar-refractivity contribution in [2.75, 3.05) is 0 Å². The van der Waals surface area contributed by atoms with Gasteiger partial charge in [-0.05, 0) is 34.1 Å². The fourth-order valence-electron chi connectivity index (χ4n) is 2.24. The Labute approximate surface area is 166 Å². The van der Waals surface area contributed by atoms with Crippen LogP contribution in [0, 0.1) is 0 Å². The van der Waals surface area contributed by atoms with E-state index in [0.29, 0.717) is 24.9 Å². The van der Waals surface area contributed by atoms with Crippen LogP contribution in [0.15, 0.2) is 48.5 Å². The second kappa shape index (κ2) is 14.2. The van der Waals surface area contributed by atoms with Crippen molar-refractivity contribution in [2.45, 2.75) is 52.6 Å². The SMILES string of the molecule is CC(C)c1ccc(CN)cc1.CC(C)c1ccc(CNC(=O)O)cc1.O=C=O. The maximum atomic E-state index is 10.2. The van der Waals surface area contributed by atoms with Gasteiger partial charge in [0, 0.05) is 13.1 Å². The molecule has 0 saturated carbocycles. The number of carboxylic acid groups (broad SMARTS) is 1. The van der Waals surface area contributed by atoms with Crippen LogP contribution in [0.2, 0.25) is 0 Å². The summed E-state index contributed by atoms with van der Waals surface area (Å²) in [6.07, 6.45) is -0.738. The van der Waals surface area contributed by atoms with Gasteiger partial charge in [-0.1, -0.05) is 76.2 Å². The lowest BCUT2D eigenvalue weighted by atomic mass is 10.0. The van der Waals surface area contributed by atoms with Crippen molar-refractivity contribution in [3.63, 3.8) is 0 Å². The number of amides is 1. The zero-order valence-electron chi connectivity index (χ0n) is 16.9. The first kappa shape index (κ1) is 25.1. The molecule has 6 nitrogen and oxygen atoms in total. The molecule has 0 aliphatic heterocycles. The molecule has 0 aromatic heterocycles. The minimum atomic E-state index is -0.988. The summed E-state index contributed by atoms with van der Waals surface area (Å²) in [6.45, 7) is 9.65. The number of carbonyl (C=O) groups is 1. The predicted octanol–water partition coefficient (Wildman–Crippen LogP) is 4.26. The molecule has 0 radical (unpaired) electrons. The van der Waals surface area contributed by atoms with E-state index in [4.69, 9.17) is 20.4 Å². The molecule has 0 bridgehead atoms. The Morgan fingerprint density at radius 2 is 1.25 bits per heavy atom. The molecule has 2 rings (SSSR count). The maximum absolute atomic E-state index is 10.2. The lowest BCUT2D eigenvalue weighted by molar-refractivity contribution is -0.191. The van der Waals surface area contributed by atoms with Gasteiger partial charge in [0.05, 0.1) is 0 Å². The van der Waals surface area contributed by atoms with Gasteiger partial charge >= 0.3 is 12.2 Å². The monoisotopic (exact) mass is 386 g/mol. The van der Waals surface area contributed by atoms with Crippen LogP contribution in [-0.4, -0.2) is 17.4 Å². The van der Waals surface area contributed by atoms with E-state index in [1.807, 2.05) is 24.3 Å². The van der Waals surface area contributed by atoms with Gasteiger partial charge in [0.15, 0.2) is 0 Å². The summed E-state index contributed by atoms with van der Waals surface area (Å²) in [5.41, 5.74) is 10.3. The number of hydrogen-bond acceptors (Lipinski definition) is 4. The molecule has 6 heteroatoms. The molecule has 28 heavy (non-hydrogen) atoms. The Morgan fingerprint density at radius 1 is 0.893 bits per heavy atom. The van der Waals surface area contributed by atoms with Gasteiger partial charge in [-0.3, -0.25) is 0 Å². The van der Waals surface area contributed by atoms with Crippen LogP contribution in [-0.2, 0) is 22.7 Å². The molecule has 0 saturated heterocycles. The lowest BCUT2D eigenvalue weighted by Crippen LogP contribution is -2.19. The van der Waals surface area contributed by atoms with Gasteiger partial charge in [-0.25, -0.2) is 4.79 Å². The van der Waals surface area contributed by atoms with E-state index < -0.39 is 6.09 Å². The van der Waals surface area contributed by atoms with E-state index in [-0.39, 0.29) is 6.15 Å². The van der Waals surface area contributed by atoms with Gasteiger partial charge in [0.2, 0.25) is 0 Å². The second-order valence-electron chi connectivity index (χ2n) is 6.74. The predicted molar refractivity (Wildman–Crippen MR) is 109 cm³/mol. The van der Waals surface area contributed by atoms with Gasteiger partial charge < -0.3 is 16.2 Å². The zero-order valence-corrected chi connectivity index (χ0v) is 16.9. The Kier molecular flexibility index (Phi) is 12.7. The first-order valence-corrected chi connectivity index (χ1v) is 9.08. The molecule has 1 amide bonds. The Balaban J connectivity index is 0.000000466. The molecule has 152 valence electrons. The van der Waals surface area contributed by atoms with E-state index in [1.54, 1.807) is 0 Å². The van der Waals surface area contributed by atoms with Crippen molar-refractivity contribution in [1.29, 1.82) is 0 Å². The first-order valence-electron chi connectivity index (χ1n) is 9.08. The van der Waals surface area contributed by atoms with Crippen LogP contribution in [0.3, 0.4) is 0 Å². The molecule has 0 unspecified atom stereocenters. The molecule has 2 aromatic carbocycles. The summed E-state index contributed by atoms with van der Waals surface area (Å²) in [7, 11) is 0. The summed E-state index contributed by atoms with van der Waals surface area (Å²) in [6, 6.07) is 16.4. The lowest BCUT2D eigenvalue weighted by Gasteiger charge is -2.06. The van der Waals surface area contributed by atoms with Crippen molar-refractivity contribution in [2.24, 2.45) is 5.73 Å². The van der Waals surface area contributed by atoms with E-state index in [0.717, 1.165) is 5.56 Å². The quantitative estimate of drug-likeness (QED) is 0.711. The average Bonchev–Trinajstić information content (AvgIpc) is 2.68. The van der Waals surface area contributed by atoms with Gasteiger partial charge in [0.1, 0.15) is 0 Å². The first-order chi connectivity index (χ1) is 13.2. The Bertz CT molecular complexity index is 717. The normalized spacial score (nSPS) is 9.54. The summed E-state index contributed by atoms with van der Waals surface area (Å²) >= 11 is 0. The van der Waals surface area contributed by atoms with Gasteiger partial charge in [0.25, 0.3) is 0 Å². The van der Waals surface area contributed by atoms with Crippen LogP contribution in [0.1, 0.15) is 61.8 Å². The van der Waals surface area contributed by atoms with Crippen molar-refractivity contribution in [3.8, 4) is 0 Å². The van der Waals surface area contributed by atoms with Crippen molar-refractivity contribution in [1.82, 2.24) is 5.32 Å². The van der Waals surface area contributed by atoms with E-state index >= 15 is 0 Å². The molecule has 0 fully saturated rings. The molecule has 4 N–H and O–H groups in total. The third-order valence-corrected chi connectivity index (χ3v) is 3.97. The molecule has 0 aliphatic rings. The fraction of sp³-hybridized carbons (Fsp3) is 0.364. The number of nitrogens with one attached hydrogen (secondary N) is 1. The molecule has 0 atom stereocenters. The highest BCUT2D eigenvalue weighted by molar-refractivity contribution is 5.64. The standard InChI is InChI=1S/C11H15NO2.C10H15N.CO2/c1-8(2)10-5-3-9(4-6-10)7-12-11(13)14;1-8(2)10-5-3-9(7-11)4-6-10;2-1-3/h3-6,8,12H,7H2,1-2H3,(H,13,14);3-6,8H,7,11H2,1-2H3;. The highest BCUT2D eigenvalue weighted by Crippen LogP contribution is 2.15. The number of rotatable bonds is 5. The van der Waals surface area contributed by atoms with Crippen molar-refractivity contribution < 1.29 is 19.5 Å². The molecular formula is C22H30N2O4. The Hall–Kier alpha value is -2.95. The largest absolute Gasteiger partial charge is 0.465 e. The summed E-state index contributed by atoms with van der Waals surface area (Å²) in [5.74, 6) is 1.12. The molecule has 2 aromatic rings. The Morgan fingerprint density at radius 3 is 1.54 bits per heavy atom. The highest BCUT2D eigenvalue weighted by Gasteiger charge is 2.00. The molecular weight excluding hydrogens is 356 g/mol. The van der Waals surface area contributed by atoms with E-state index in [2.05, 4.69) is 57.3 Å². The minimum Gasteiger partial charge on any atom is -0.465 e. The second-order valence-corrected chi connectivity index (χ2v) is 6.74. The van der Waals surface area contributed by atoms with E-state index in [1.165, 1.54) is 16.7 Å².